The lowest BCUT2D eigenvalue weighted by Crippen LogP contribution is -2.53. The zero-order valence-corrected chi connectivity index (χ0v) is 15.2. The van der Waals surface area contributed by atoms with Gasteiger partial charge in [0.05, 0.1) is 6.07 Å². The number of imide groups is 1. The molecule has 24 heavy (non-hydrogen) atoms. The molecule has 134 valence electrons. The minimum atomic E-state index is -1.04. The van der Waals surface area contributed by atoms with Crippen LogP contribution in [-0.4, -0.2) is 40.4 Å². The maximum absolute atomic E-state index is 12.7. The molecule has 1 fully saturated rings. The number of hydrogen-bond acceptors (Lipinski definition) is 4. The van der Waals surface area contributed by atoms with Gasteiger partial charge in [-0.15, -0.1) is 0 Å². The second-order valence-corrected chi connectivity index (χ2v) is 6.92. The van der Waals surface area contributed by atoms with Gasteiger partial charge in [-0.05, 0) is 25.7 Å². The first kappa shape index (κ1) is 19.9. The predicted molar refractivity (Wildman–Crippen MR) is 89.8 cm³/mol. The average molecular weight is 336 g/mol. The number of hydrogen-bond donors (Lipinski definition) is 2. The highest BCUT2D eigenvalue weighted by atomic mass is 16.2. The molecule has 4 amide bonds. The number of nitrogens with zero attached hydrogens (tertiary/aromatic N) is 2. The molecule has 1 aliphatic rings. The first-order valence-electron chi connectivity index (χ1n) is 8.52. The van der Waals surface area contributed by atoms with Gasteiger partial charge < -0.3 is 10.6 Å². The molecule has 0 spiro atoms. The van der Waals surface area contributed by atoms with Crippen molar-refractivity contribution in [3.63, 3.8) is 0 Å². The number of nitrogens with one attached hydrogen (secondary N) is 2. The lowest BCUT2D eigenvalue weighted by molar-refractivity contribution is -0.135. The van der Waals surface area contributed by atoms with Crippen LogP contribution in [0.3, 0.4) is 0 Å². The van der Waals surface area contributed by atoms with E-state index in [9.17, 15) is 19.6 Å². The van der Waals surface area contributed by atoms with E-state index in [1.165, 1.54) is 0 Å². The van der Waals surface area contributed by atoms with E-state index in [1.807, 2.05) is 27.7 Å². The largest absolute Gasteiger partial charge is 0.336 e. The lowest BCUT2D eigenvalue weighted by atomic mass is 9.88. The summed E-state index contributed by atoms with van der Waals surface area (Å²) in [6.45, 7) is 8.81. The fourth-order valence-electron chi connectivity index (χ4n) is 2.91. The Morgan fingerprint density at radius 2 is 1.88 bits per heavy atom. The summed E-state index contributed by atoms with van der Waals surface area (Å²) in [7, 11) is 0. The van der Waals surface area contributed by atoms with Crippen LogP contribution >= 0.6 is 0 Å². The number of rotatable bonds is 8. The van der Waals surface area contributed by atoms with Crippen LogP contribution in [0.15, 0.2) is 0 Å². The zero-order valence-electron chi connectivity index (χ0n) is 15.2. The molecule has 1 atom stereocenters. The van der Waals surface area contributed by atoms with Gasteiger partial charge in [0.25, 0.3) is 5.91 Å². The zero-order chi connectivity index (χ0) is 18.5. The summed E-state index contributed by atoms with van der Waals surface area (Å²) in [6.07, 6.45) is 2.61. The Morgan fingerprint density at radius 3 is 2.29 bits per heavy atom. The van der Waals surface area contributed by atoms with Gasteiger partial charge in [-0.25, -0.2) is 4.79 Å². The van der Waals surface area contributed by atoms with Gasteiger partial charge in [0.2, 0.25) is 5.91 Å². The van der Waals surface area contributed by atoms with Crippen molar-refractivity contribution in [2.45, 2.75) is 71.4 Å². The normalized spacial score (nSPS) is 19.0. The molecule has 1 aliphatic heterocycles. The van der Waals surface area contributed by atoms with Gasteiger partial charge in [-0.1, -0.05) is 40.5 Å². The molecule has 1 heterocycles. The number of carbonyl (C=O) groups excluding carboxylic acids is 3. The van der Waals surface area contributed by atoms with E-state index in [1.54, 1.807) is 6.92 Å². The van der Waals surface area contributed by atoms with Crippen molar-refractivity contribution >= 4 is 17.8 Å². The fraction of sp³-hybridized carbons (Fsp3) is 0.765. The van der Waals surface area contributed by atoms with Crippen molar-refractivity contribution in [3.8, 4) is 6.07 Å². The van der Waals surface area contributed by atoms with Crippen LogP contribution in [0.2, 0.25) is 0 Å². The summed E-state index contributed by atoms with van der Waals surface area (Å²) in [5.74, 6) is -0.969. The number of urea groups is 1. The van der Waals surface area contributed by atoms with Crippen LogP contribution in [-0.2, 0) is 9.59 Å². The van der Waals surface area contributed by atoms with Crippen LogP contribution < -0.4 is 10.6 Å². The smallest absolute Gasteiger partial charge is 0.325 e. The van der Waals surface area contributed by atoms with Gasteiger partial charge in [-0.3, -0.25) is 14.5 Å². The third-order valence-electron chi connectivity index (χ3n) is 4.69. The summed E-state index contributed by atoms with van der Waals surface area (Å²) < 4.78 is 0. The Labute approximate surface area is 143 Å². The predicted octanol–water partition coefficient (Wildman–Crippen LogP) is 1.93. The molecule has 2 N–H and O–H groups in total. The molecule has 0 aromatic rings. The van der Waals surface area contributed by atoms with Gasteiger partial charge >= 0.3 is 6.03 Å². The van der Waals surface area contributed by atoms with E-state index in [0.29, 0.717) is 12.8 Å². The SMILES string of the molecule is CCCC1(CCC)NC(=O)N(CC(=O)NC(C)(C#N)C(C)C)C1=O. The highest BCUT2D eigenvalue weighted by molar-refractivity contribution is 6.09. The molecular formula is C17H28N4O3. The van der Waals surface area contributed by atoms with Crippen molar-refractivity contribution in [2.24, 2.45) is 5.92 Å². The minimum absolute atomic E-state index is 0.103. The summed E-state index contributed by atoms with van der Waals surface area (Å²) >= 11 is 0. The van der Waals surface area contributed by atoms with E-state index in [0.717, 1.165) is 17.7 Å². The monoisotopic (exact) mass is 336 g/mol. The Hall–Kier alpha value is -2.10. The molecule has 7 nitrogen and oxygen atoms in total. The average Bonchev–Trinajstić information content (AvgIpc) is 2.72. The van der Waals surface area contributed by atoms with Crippen molar-refractivity contribution in [3.05, 3.63) is 0 Å². The highest BCUT2D eigenvalue weighted by Gasteiger charge is 2.50. The van der Waals surface area contributed by atoms with Crippen LogP contribution in [0.1, 0.15) is 60.3 Å². The quantitative estimate of drug-likeness (QED) is 0.661. The maximum atomic E-state index is 12.7. The van der Waals surface area contributed by atoms with E-state index in [-0.39, 0.29) is 18.4 Å². The van der Waals surface area contributed by atoms with Gasteiger partial charge in [0.1, 0.15) is 17.6 Å². The first-order valence-corrected chi connectivity index (χ1v) is 8.52. The summed E-state index contributed by atoms with van der Waals surface area (Å²) in [5.41, 5.74) is -1.95. The van der Waals surface area contributed by atoms with E-state index >= 15 is 0 Å². The third kappa shape index (κ3) is 3.86. The fourth-order valence-corrected chi connectivity index (χ4v) is 2.91. The molecule has 7 heteroatoms. The lowest BCUT2D eigenvalue weighted by Gasteiger charge is -2.28. The van der Waals surface area contributed by atoms with E-state index < -0.39 is 23.0 Å². The van der Waals surface area contributed by atoms with Crippen molar-refractivity contribution in [1.82, 2.24) is 15.5 Å². The van der Waals surface area contributed by atoms with Gasteiger partial charge in [0, 0.05) is 0 Å². The second kappa shape index (κ2) is 7.65. The third-order valence-corrected chi connectivity index (χ3v) is 4.69. The van der Waals surface area contributed by atoms with Gasteiger partial charge in [-0.2, -0.15) is 5.26 Å². The summed E-state index contributed by atoms with van der Waals surface area (Å²) in [5, 5.41) is 14.7. The Bertz CT molecular complexity index is 547. The van der Waals surface area contributed by atoms with Crippen molar-refractivity contribution in [2.75, 3.05) is 6.54 Å². The number of amides is 4. The first-order chi connectivity index (χ1) is 11.2. The molecular weight excluding hydrogens is 308 g/mol. The molecule has 0 bridgehead atoms. The maximum Gasteiger partial charge on any atom is 0.325 e. The van der Waals surface area contributed by atoms with Crippen LogP contribution in [0.25, 0.3) is 0 Å². The molecule has 1 unspecified atom stereocenters. The Morgan fingerprint density at radius 1 is 1.33 bits per heavy atom. The van der Waals surface area contributed by atoms with Gasteiger partial charge in [0.15, 0.2) is 0 Å². The summed E-state index contributed by atoms with van der Waals surface area (Å²) in [4.78, 5) is 38.1. The molecule has 0 radical (unpaired) electrons. The van der Waals surface area contributed by atoms with E-state index in [4.69, 9.17) is 0 Å². The summed E-state index contributed by atoms with van der Waals surface area (Å²) in [6, 6.07) is 1.54. The Balaban J connectivity index is 2.88. The molecule has 0 aliphatic carbocycles. The molecule has 0 saturated carbocycles. The van der Waals surface area contributed by atoms with E-state index in [2.05, 4.69) is 16.7 Å². The number of nitriles is 1. The minimum Gasteiger partial charge on any atom is -0.336 e. The van der Waals surface area contributed by atoms with Crippen LogP contribution in [0.4, 0.5) is 4.79 Å². The topological polar surface area (TPSA) is 102 Å². The van der Waals surface area contributed by atoms with Crippen LogP contribution in [0, 0.1) is 17.2 Å². The second-order valence-electron chi connectivity index (χ2n) is 6.92. The Kier molecular flexibility index (Phi) is 6.35. The molecule has 0 aromatic carbocycles. The molecule has 1 saturated heterocycles. The highest BCUT2D eigenvalue weighted by Crippen LogP contribution is 2.28. The van der Waals surface area contributed by atoms with Crippen molar-refractivity contribution in [1.29, 1.82) is 5.26 Å². The van der Waals surface area contributed by atoms with Crippen LogP contribution in [0.5, 0.6) is 0 Å². The number of carbonyl (C=O) groups is 3. The molecule has 0 aromatic heterocycles. The standard InChI is InChI=1S/C17H28N4O3/c1-6-8-17(9-7-2)14(23)21(15(24)20-17)10-13(22)19-16(5,11-18)12(3)4/h12H,6-10H2,1-5H3,(H,19,22)(H,20,24). The molecule has 1 rings (SSSR count). The van der Waals surface area contributed by atoms with Crippen molar-refractivity contribution < 1.29 is 14.4 Å².